The van der Waals surface area contributed by atoms with Crippen LogP contribution in [0.25, 0.3) is 0 Å². The van der Waals surface area contributed by atoms with Crippen LogP contribution in [0.4, 0.5) is 4.39 Å². The molecule has 0 fully saturated rings. The van der Waals surface area contributed by atoms with Gasteiger partial charge in [0.15, 0.2) is 5.41 Å². The van der Waals surface area contributed by atoms with Crippen molar-refractivity contribution < 1.29 is 23.5 Å². The molecule has 1 rings (SSSR count). The van der Waals surface area contributed by atoms with Crippen LogP contribution >= 0.6 is 15.9 Å². The van der Waals surface area contributed by atoms with E-state index in [1.807, 2.05) is 6.07 Å². The third-order valence-corrected chi connectivity index (χ3v) is 4.00. The van der Waals surface area contributed by atoms with Crippen LogP contribution in [0, 0.1) is 17.1 Å². The lowest BCUT2D eigenvalue weighted by molar-refractivity contribution is -0.160. The van der Waals surface area contributed by atoms with Crippen LogP contribution in [0.2, 0.25) is 0 Å². The highest BCUT2D eigenvalue weighted by Crippen LogP contribution is 2.34. The number of ether oxygens (including phenoxy) is 2. The minimum atomic E-state index is -1.80. The molecule has 0 amide bonds. The van der Waals surface area contributed by atoms with Crippen LogP contribution in [-0.4, -0.2) is 24.1 Å². The number of carbonyl (C=O) groups is 2. The van der Waals surface area contributed by atoms with Crippen molar-refractivity contribution in [1.82, 2.24) is 0 Å². The molecule has 0 N–H and O–H groups in total. The maximum Gasteiger partial charge on any atom is 0.331 e. The maximum absolute atomic E-state index is 14.0. The van der Waals surface area contributed by atoms with Crippen molar-refractivity contribution in [1.29, 1.82) is 5.26 Å². The van der Waals surface area contributed by atoms with E-state index in [-0.39, 0.29) is 29.5 Å². The van der Waals surface area contributed by atoms with Crippen LogP contribution in [0.3, 0.4) is 0 Å². The third-order valence-electron chi connectivity index (χ3n) is 3.36. The number of esters is 2. The molecule has 0 radical (unpaired) electrons. The molecule has 7 heteroatoms. The van der Waals surface area contributed by atoms with Gasteiger partial charge in [0.2, 0.25) is 0 Å². The largest absolute Gasteiger partial charge is 0.466 e. The monoisotopic (exact) mass is 413 g/mol. The van der Waals surface area contributed by atoms with E-state index in [0.29, 0.717) is 0 Å². The zero-order valence-corrected chi connectivity index (χ0v) is 16.3. The Morgan fingerprint density at radius 1 is 1.32 bits per heavy atom. The van der Waals surface area contributed by atoms with Crippen LogP contribution in [0.5, 0.6) is 0 Å². The van der Waals surface area contributed by atoms with Gasteiger partial charge >= 0.3 is 11.9 Å². The lowest BCUT2D eigenvalue weighted by Gasteiger charge is -2.29. The van der Waals surface area contributed by atoms with E-state index < -0.39 is 28.8 Å². The maximum atomic E-state index is 14.0. The molecule has 0 saturated heterocycles. The molecule has 1 aromatic rings. The second-order valence-corrected chi connectivity index (χ2v) is 7.31. The van der Waals surface area contributed by atoms with E-state index in [4.69, 9.17) is 9.47 Å². The molecular formula is C18H21BrFNO4. The topological polar surface area (TPSA) is 76.4 Å². The molecule has 0 bridgehead atoms. The highest BCUT2D eigenvalue weighted by atomic mass is 79.9. The van der Waals surface area contributed by atoms with Crippen LogP contribution in [0.1, 0.15) is 46.1 Å². The summed E-state index contributed by atoms with van der Waals surface area (Å²) in [4.78, 5) is 24.4. The fourth-order valence-electron chi connectivity index (χ4n) is 2.18. The number of benzene rings is 1. The lowest BCUT2D eigenvalue weighted by Crippen LogP contribution is -2.41. The molecule has 0 heterocycles. The average Bonchev–Trinajstić information content (AvgIpc) is 2.50. The predicted octanol–water partition coefficient (Wildman–Crippen LogP) is 4.03. The number of nitriles is 1. The van der Waals surface area contributed by atoms with Gasteiger partial charge in [-0.2, -0.15) is 5.26 Å². The number of hydrogen-bond donors (Lipinski definition) is 0. The van der Waals surface area contributed by atoms with Gasteiger partial charge in [-0.1, -0.05) is 6.07 Å². The van der Waals surface area contributed by atoms with E-state index >= 15 is 0 Å². The van der Waals surface area contributed by atoms with Crippen molar-refractivity contribution in [2.24, 2.45) is 0 Å². The fourth-order valence-corrected chi connectivity index (χ4v) is 2.43. The van der Waals surface area contributed by atoms with Gasteiger partial charge in [-0.3, -0.25) is 4.79 Å². The fraction of sp³-hybridized carbons (Fsp3) is 0.500. The van der Waals surface area contributed by atoms with Gasteiger partial charge < -0.3 is 9.47 Å². The number of nitrogens with zero attached hydrogens (tertiary/aromatic N) is 1. The van der Waals surface area contributed by atoms with Crippen molar-refractivity contribution in [2.45, 2.75) is 51.6 Å². The molecule has 0 aliphatic rings. The highest BCUT2D eigenvalue weighted by Gasteiger charge is 2.44. The Morgan fingerprint density at radius 3 is 2.44 bits per heavy atom. The van der Waals surface area contributed by atoms with Gasteiger partial charge in [0.25, 0.3) is 0 Å². The Balaban J connectivity index is 3.32. The normalized spacial score (nSPS) is 13.5. The van der Waals surface area contributed by atoms with E-state index in [2.05, 4.69) is 15.9 Å². The predicted molar refractivity (Wildman–Crippen MR) is 93.1 cm³/mol. The molecular weight excluding hydrogens is 393 g/mol. The Morgan fingerprint density at radius 2 is 1.96 bits per heavy atom. The third kappa shape index (κ3) is 5.53. The van der Waals surface area contributed by atoms with Crippen molar-refractivity contribution >= 4 is 27.9 Å². The summed E-state index contributed by atoms with van der Waals surface area (Å²) in [7, 11) is 0. The number of carbonyl (C=O) groups excluding carboxylic acids is 2. The Labute approximate surface area is 155 Å². The van der Waals surface area contributed by atoms with Crippen molar-refractivity contribution in [2.75, 3.05) is 6.61 Å². The summed E-state index contributed by atoms with van der Waals surface area (Å²) < 4.78 is 24.4. The van der Waals surface area contributed by atoms with Crippen LogP contribution in [-0.2, 0) is 24.5 Å². The minimum absolute atomic E-state index is 0.134. The zero-order valence-electron chi connectivity index (χ0n) is 14.7. The Hall–Kier alpha value is -1.94. The summed E-state index contributed by atoms with van der Waals surface area (Å²) in [5, 5.41) is 9.76. The summed E-state index contributed by atoms with van der Waals surface area (Å²) in [6.07, 6.45) is -0.337. The van der Waals surface area contributed by atoms with E-state index in [9.17, 15) is 19.2 Å². The number of halogens is 2. The zero-order chi connectivity index (χ0) is 19.3. The molecule has 5 nitrogen and oxygen atoms in total. The summed E-state index contributed by atoms with van der Waals surface area (Å²) in [6.45, 7) is 6.85. The van der Waals surface area contributed by atoms with E-state index in [1.165, 1.54) is 12.1 Å². The van der Waals surface area contributed by atoms with Gasteiger partial charge in [-0.05, 0) is 67.7 Å². The van der Waals surface area contributed by atoms with Gasteiger partial charge in [-0.25, -0.2) is 9.18 Å². The molecule has 0 aliphatic heterocycles. The molecule has 0 aromatic heterocycles. The quantitative estimate of drug-likeness (QED) is 0.657. The smallest absolute Gasteiger partial charge is 0.331 e. The van der Waals surface area contributed by atoms with Gasteiger partial charge in [0.1, 0.15) is 11.4 Å². The molecule has 25 heavy (non-hydrogen) atoms. The summed E-state index contributed by atoms with van der Waals surface area (Å²) >= 11 is 3.04. The molecule has 1 aromatic carbocycles. The van der Waals surface area contributed by atoms with Crippen molar-refractivity contribution in [3.05, 3.63) is 34.1 Å². The summed E-state index contributed by atoms with van der Waals surface area (Å²) in [5.41, 5.74) is -2.51. The first-order valence-electron chi connectivity index (χ1n) is 7.81. The first-order chi connectivity index (χ1) is 11.6. The van der Waals surface area contributed by atoms with Gasteiger partial charge in [-0.15, -0.1) is 0 Å². The van der Waals surface area contributed by atoms with Crippen molar-refractivity contribution in [3.8, 4) is 6.07 Å². The van der Waals surface area contributed by atoms with E-state index in [0.717, 1.165) is 6.07 Å². The van der Waals surface area contributed by atoms with E-state index in [1.54, 1.807) is 27.7 Å². The second-order valence-electron chi connectivity index (χ2n) is 6.45. The minimum Gasteiger partial charge on any atom is -0.466 e. The number of rotatable bonds is 6. The molecule has 1 unspecified atom stereocenters. The molecule has 0 saturated carbocycles. The second kappa shape index (κ2) is 8.43. The highest BCUT2D eigenvalue weighted by molar-refractivity contribution is 9.10. The first-order valence-corrected chi connectivity index (χ1v) is 8.61. The average molecular weight is 414 g/mol. The first kappa shape index (κ1) is 21.1. The Kier molecular flexibility index (Phi) is 7.12. The van der Waals surface area contributed by atoms with Crippen LogP contribution in [0.15, 0.2) is 22.7 Å². The Bertz CT molecular complexity index is 693. The van der Waals surface area contributed by atoms with Gasteiger partial charge in [0.05, 0.1) is 17.1 Å². The summed E-state index contributed by atoms with van der Waals surface area (Å²) in [5.74, 6) is -1.98. The lowest BCUT2D eigenvalue weighted by atomic mass is 9.77. The molecule has 1 atom stereocenters. The van der Waals surface area contributed by atoms with Crippen LogP contribution < -0.4 is 0 Å². The van der Waals surface area contributed by atoms with Gasteiger partial charge in [0, 0.05) is 6.42 Å². The summed E-state index contributed by atoms with van der Waals surface area (Å²) in [6, 6.07) is 5.91. The molecule has 136 valence electrons. The SMILES string of the molecule is CCOC(=O)CCC(C#N)(C(=O)OC(C)(C)C)c1ccc(Br)c(F)c1. The standard InChI is InChI=1S/C18H21BrFNO4/c1-5-24-15(22)8-9-18(11-21,16(23)25-17(2,3)4)12-6-7-13(19)14(20)10-12/h6-7,10H,5,8-9H2,1-4H3. The van der Waals surface area contributed by atoms with Crippen molar-refractivity contribution in [3.63, 3.8) is 0 Å². The number of hydrogen-bond acceptors (Lipinski definition) is 5. The molecule has 0 spiro atoms. The molecule has 0 aliphatic carbocycles.